The van der Waals surface area contributed by atoms with Crippen LogP contribution >= 0.6 is 15.9 Å². The van der Waals surface area contributed by atoms with Gasteiger partial charge in [0.1, 0.15) is 5.82 Å². The Morgan fingerprint density at radius 3 is 2.39 bits per heavy atom. The predicted octanol–water partition coefficient (Wildman–Crippen LogP) is 3.59. The molecular weight excluding hydrogens is 359 g/mol. The maximum atomic E-state index is 14.0. The molecule has 1 aliphatic heterocycles. The molecule has 120 valence electrons. The molecule has 0 unspecified atom stereocenters. The standard InChI is InChI=1S/C18H18BrFN2O/c19-15-6-7-17(16(20)12-15)22-10-8-21(9-11-22)13-18(23)14-4-2-1-3-5-14/h1-7,12H,8-11,13H2. The predicted molar refractivity (Wildman–Crippen MR) is 93.5 cm³/mol. The van der Waals surface area contributed by atoms with Gasteiger partial charge in [0.05, 0.1) is 12.2 Å². The third-order valence-electron chi connectivity index (χ3n) is 4.09. The molecule has 0 atom stereocenters. The Kier molecular flexibility index (Phi) is 5.08. The van der Waals surface area contributed by atoms with E-state index in [2.05, 4.69) is 20.8 Å². The molecule has 3 nitrogen and oxygen atoms in total. The van der Waals surface area contributed by atoms with Crippen LogP contribution in [0.1, 0.15) is 10.4 Å². The Hall–Kier alpha value is -1.72. The number of ketones is 1. The average Bonchev–Trinajstić information content (AvgIpc) is 2.57. The fourth-order valence-corrected chi connectivity index (χ4v) is 3.14. The summed E-state index contributed by atoms with van der Waals surface area (Å²) in [5.74, 6) is -0.0814. The lowest BCUT2D eigenvalue weighted by atomic mass is 10.1. The maximum absolute atomic E-state index is 14.0. The van der Waals surface area contributed by atoms with Crippen molar-refractivity contribution in [2.45, 2.75) is 0 Å². The van der Waals surface area contributed by atoms with Crippen LogP contribution in [0.2, 0.25) is 0 Å². The first-order valence-electron chi connectivity index (χ1n) is 7.64. The van der Waals surface area contributed by atoms with E-state index in [0.29, 0.717) is 12.2 Å². The lowest BCUT2D eigenvalue weighted by Gasteiger charge is -2.35. The number of hydrogen-bond acceptors (Lipinski definition) is 3. The summed E-state index contributed by atoms with van der Waals surface area (Å²) < 4.78 is 14.8. The van der Waals surface area contributed by atoms with Crippen molar-refractivity contribution in [2.24, 2.45) is 0 Å². The van der Waals surface area contributed by atoms with Crippen molar-refractivity contribution in [2.75, 3.05) is 37.6 Å². The van der Waals surface area contributed by atoms with E-state index in [-0.39, 0.29) is 11.6 Å². The number of carbonyl (C=O) groups is 1. The van der Waals surface area contributed by atoms with E-state index in [9.17, 15) is 9.18 Å². The van der Waals surface area contributed by atoms with Gasteiger partial charge < -0.3 is 4.90 Å². The van der Waals surface area contributed by atoms with Crippen molar-refractivity contribution in [1.29, 1.82) is 0 Å². The summed E-state index contributed by atoms with van der Waals surface area (Å²) >= 11 is 3.27. The zero-order valence-corrected chi connectivity index (χ0v) is 14.3. The minimum absolute atomic E-state index is 0.133. The molecule has 0 spiro atoms. The summed E-state index contributed by atoms with van der Waals surface area (Å²) in [6, 6.07) is 14.5. The van der Waals surface area contributed by atoms with Crippen molar-refractivity contribution < 1.29 is 9.18 Å². The largest absolute Gasteiger partial charge is 0.367 e. The van der Waals surface area contributed by atoms with Crippen molar-refractivity contribution in [3.05, 3.63) is 64.4 Å². The SMILES string of the molecule is O=C(CN1CCN(c2ccc(Br)cc2F)CC1)c1ccccc1. The van der Waals surface area contributed by atoms with Crippen LogP contribution in [-0.4, -0.2) is 43.4 Å². The van der Waals surface area contributed by atoms with Gasteiger partial charge in [-0.15, -0.1) is 0 Å². The Morgan fingerprint density at radius 2 is 1.74 bits per heavy atom. The summed E-state index contributed by atoms with van der Waals surface area (Å²) in [7, 11) is 0. The molecule has 1 saturated heterocycles. The highest BCUT2D eigenvalue weighted by atomic mass is 79.9. The molecule has 3 rings (SSSR count). The summed E-state index contributed by atoms with van der Waals surface area (Å²) in [5, 5.41) is 0. The van der Waals surface area contributed by atoms with E-state index >= 15 is 0 Å². The van der Waals surface area contributed by atoms with E-state index in [1.807, 2.05) is 41.3 Å². The number of nitrogens with zero attached hydrogens (tertiary/aromatic N) is 2. The molecule has 0 bridgehead atoms. The van der Waals surface area contributed by atoms with Crippen LogP contribution in [0.3, 0.4) is 0 Å². The van der Waals surface area contributed by atoms with Gasteiger partial charge in [-0.25, -0.2) is 4.39 Å². The van der Waals surface area contributed by atoms with Crippen LogP contribution in [-0.2, 0) is 0 Å². The highest BCUT2D eigenvalue weighted by Gasteiger charge is 2.21. The minimum Gasteiger partial charge on any atom is -0.367 e. The fraction of sp³-hybridized carbons (Fsp3) is 0.278. The number of Topliss-reactive ketones (excluding diaryl/α,β-unsaturated/α-hetero) is 1. The molecule has 1 heterocycles. The van der Waals surface area contributed by atoms with Gasteiger partial charge in [-0.3, -0.25) is 9.69 Å². The molecule has 1 fully saturated rings. The highest BCUT2D eigenvalue weighted by molar-refractivity contribution is 9.10. The monoisotopic (exact) mass is 376 g/mol. The van der Waals surface area contributed by atoms with Gasteiger partial charge in [0.2, 0.25) is 0 Å². The van der Waals surface area contributed by atoms with Gasteiger partial charge in [-0.05, 0) is 18.2 Å². The topological polar surface area (TPSA) is 23.6 Å². The first-order valence-corrected chi connectivity index (χ1v) is 8.43. The Balaban J connectivity index is 1.57. The zero-order valence-electron chi connectivity index (χ0n) is 12.7. The Morgan fingerprint density at radius 1 is 1.04 bits per heavy atom. The van der Waals surface area contributed by atoms with Crippen LogP contribution in [0.5, 0.6) is 0 Å². The second kappa shape index (κ2) is 7.23. The number of hydrogen-bond donors (Lipinski definition) is 0. The molecule has 2 aromatic rings. The van der Waals surface area contributed by atoms with Crippen molar-refractivity contribution in [1.82, 2.24) is 4.90 Å². The van der Waals surface area contributed by atoms with Gasteiger partial charge in [0.15, 0.2) is 5.78 Å². The van der Waals surface area contributed by atoms with Crippen LogP contribution in [0.25, 0.3) is 0 Å². The Labute approximate surface area is 143 Å². The van der Waals surface area contributed by atoms with Crippen LogP contribution in [0, 0.1) is 5.82 Å². The second-order valence-corrected chi connectivity index (χ2v) is 6.56. The number of carbonyl (C=O) groups excluding carboxylic acids is 1. The average molecular weight is 377 g/mol. The number of halogens is 2. The maximum Gasteiger partial charge on any atom is 0.176 e. The first-order chi connectivity index (χ1) is 11.1. The molecular formula is C18H18BrFN2O. The van der Waals surface area contributed by atoms with Crippen molar-refractivity contribution in [3.8, 4) is 0 Å². The second-order valence-electron chi connectivity index (χ2n) is 5.65. The molecule has 0 aliphatic carbocycles. The van der Waals surface area contributed by atoms with E-state index in [0.717, 1.165) is 36.2 Å². The zero-order chi connectivity index (χ0) is 16.2. The molecule has 0 N–H and O–H groups in total. The van der Waals surface area contributed by atoms with Crippen molar-refractivity contribution in [3.63, 3.8) is 0 Å². The smallest absolute Gasteiger partial charge is 0.176 e. The van der Waals surface area contributed by atoms with Crippen molar-refractivity contribution >= 4 is 27.4 Å². The van der Waals surface area contributed by atoms with Gasteiger partial charge >= 0.3 is 0 Å². The molecule has 5 heteroatoms. The first kappa shape index (κ1) is 16.1. The molecule has 2 aromatic carbocycles. The molecule has 23 heavy (non-hydrogen) atoms. The third-order valence-corrected chi connectivity index (χ3v) is 4.58. The van der Waals surface area contributed by atoms with Gasteiger partial charge in [-0.1, -0.05) is 46.3 Å². The lowest BCUT2D eigenvalue weighted by molar-refractivity contribution is 0.0926. The quantitative estimate of drug-likeness (QED) is 0.761. The fourth-order valence-electron chi connectivity index (χ4n) is 2.80. The van der Waals surface area contributed by atoms with Gasteiger partial charge in [0, 0.05) is 36.2 Å². The van der Waals surface area contributed by atoms with Crippen LogP contribution in [0.15, 0.2) is 53.0 Å². The van der Waals surface area contributed by atoms with Crippen LogP contribution in [0.4, 0.5) is 10.1 Å². The molecule has 0 aromatic heterocycles. The number of benzene rings is 2. The summed E-state index contributed by atoms with van der Waals surface area (Å²) in [4.78, 5) is 16.4. The molecule has 0 radical (unpaired) electrons. The van der Waals surface area contributed by atoms with Gasteiger partial charge in [0.25, 0.3) is 0 Å². The van der Waals surface area contributed by atoms with Crippen LogP contribution < -0.4 is 4.90 Å². The minimum atomic E-state index is -0.215. The highest BCUT2D eigenvalue weighted by Crippen LogP contribution is 2.24. The van der Waals surface area contributed by atoms with E-state index < -0.39 is 0 Å². The summed E-state index contributed by atoms with van der Waals surface area (Å²) in [5.41, 5.74) is 1.37. The van der Waals surface area contributed by atoms with E-state index in [4.69, 9.17) is 0 Å². The third kappa shape index (κ3) is 3.98. The summed E-state index contributed by atoms with van der Waals surface area (Å²) in [6.07, 6.45) is 0. The molecule has 0 saturated carbocycles. The Bertz CT molecular complexity index is 685. The molecule has 0 amide bonds. The normalized spacial score (nSPS) is 15.7. The van der Waals surface area contributed by atoms with E-state index in [1.165, 1.54) is 6.07 Å². The number of piperazine rings is 1. The van der Waals surface area contributed by atoms with E-state index in [1.54, 1.807) is 6.07 Å². The van der Waals surface area contributed by atoms with Gasteiger partial charge in [-0.2, -0.15) is 0 Å². The summed E-state index contributed by atoms with van der Waals surface area (Å²) in [6.45, 7) is 3.38. The number of anilines is 1. The number of rotatable bonds is 4. The molecule has 1 aliphatic rings. The lowest BCUT2D eigenvalue weighted by Crippen LogP contribution is -2.48.